The third kappa shape index (κ3) is 4.23. The molecular formula is C21H22N2O6S2. The van der Waals surface area contributed by atoms with E-state index in [4.69, 9.17) is 9.15 Å². The summed E-state index contributed by atoms with van der Waals surface area (Å²) in [5, 5.41) is 5.09. The zero-order valence-corrected chi connectivity index (χ0v) is 18.5. The number of carbonyl (C=O) groups excluding carboxylic acids is 2. The van der Waals surface area contributed by atoms with Gasteiger partial charge in [0.1, 0.15) is 15.5 Å². The number of nitrogens with one attached hydrogen (secondary N) is 1. The molecule has 0 bridgehead atoms. The lowest BCUT2D eigenvalue weighted by atomic mass is 9.98. The molecule has 1 amide bonds. The lowest BCUT2D eigenvalue weighted by molar-refractivity contribution is -0.120. The number of anilines is 1. The zero-order valence-electron chi connectivity index (χ0n) is 16.9. The van der Waals surface area contributed by atoms with E-state index in [2.05, 4.69) is 5.32 Å². The molecule has 1 fully saturated rings. The number of esters is 1. The largest absolute Gasteiger partial charge is 0.460 e. The van der Waals surface area contributed by atoms with Gasteiger partial charge in [-0.15, -0.1) is 11.3 Å². The van der Waals surface area contributed by atoms with Crippen LogP contribution >= 0.6 is 11.3 Å². The van der Waals surface area contributed by atoms with E-state index in [-0.39, 0.29) is 34.7 Å². The SMILES string of the molecule is CCOC(=O)c1oc2ccccc2c1NC(=O)C1CCCN(S(=O)(=O)c2cccs2)C1. The third-order valence-corrected chi connectivity index (χ3v) is 8.39. The number of para-hydroxylation sites is 1. The second-order valence-electron chi connectivity index (χ2n) is 7.15. The van der Waals surface area contributed by atoms with Crippen molar-refractivity contribution < 1.29 is 27.2 Å². The van der Waals surface area contributed by atoms with E-state index in [1.807, 2.05) is 0 Å². The summed E-state index contributed by atoms with van der Waals surface area (Å²) >= 11 is 1.15. The molecule has 1 atom stereocenters. The van der Waals surface area contributed by atoms with Crippen molar-refractivity contribution in [2.75, 3.05) is 25.0 Å². The van der Waals surface area contributed by atoms with Crippen molar-refractivity contribution >= 4 is 49.9 Å². The molecule has 4 rings (SSSR count). The van der Waals surface area contributed by atoms with E-state index in [0.717, 1.165) is 11.3 Å². The number of benzene rings is 1. The van der Waals surface area contributed by atoms with Crippen LogP contribution in [0, 0.1) is 5.92 Å². The first kappa shape index (κ1) is 21.5. The Balaban J connectivity index is 1.58. The van der Waals surface area contributed by atoms with Crippen LogP contribution in [0.3, 0.4) is 0 Å². The van der Waals surface area contributed by atoms with Crippen molar-refractivity contribution in [1.82, 2.24) is 4.31 Å². The van der Waals surface area contributed by atoms with Gasteiger partial charge < -0.3 is 14.5 Å². The standard InChI is InChI=1S/C21H22N2O6S2/c1-2-28-21(25)19-18(15-8-3-4-9-16(15)29-19)22-20(24)14-7-5-11-23(13-14)31(26,27)17-10-6-12-30-17/h3-4,6,8-10,12,14H,2,5,7,11,13H2,1H3,(H,22,24). The second-order valence-corrected chi connectivity index (χ2v) is 10.3. The molecule has 0 aliphatic carbocycles. The van der Waals surface area contributed by atoms with Gasteiger partial charge in [0.15, 0.2) is 0 Å². The second kappa shape index (κ2) is 8.81. The average Bonchev–Trinajstić information content (AvgIpc) is 3.43. The van der Waals surface area contributed by atoms with E-state index in [1.165, 1.54) is 4.31 Å². The van der Waals surface area contributed by atoms with Crippen LogP contribution in [0.25, 0.3) is 11.0 Å². The summed E-state index contributed by atoms with van der Waals surface area (Å²) in [6.07, 6.45) is 1.12. The van der Waals surface area contributed by atoms with E-state index in [0.29, 0.717) is 30.4 Å². The lowest BCUT2D eigenvalue weighted by Crippen LogP contribution is -2.43. The first-order valence-electron chi connectivity index (χ1n) is 9.95. The van der Waals surface area contributed by atoms with Gasteiger partial charge in [-0.2, -0.15) is 4.31 Å². The minimum absolute atomic E-state index is 0.0738. The minimum Gasteiger partial charge on any atom is -0.460 e. The molecule has 1 aromatic carbocycles. The van der Waals surface area contributed by atoms with Crippen molar-refractivity contribution in [2.45, 2.75) is 24.0 Å². The number of piperidine rings is 1. The monoisotopic (exact) mass is 462 g/mol. The van der Waals surface area contributed by atoms with Gasteiger partial charge in [-0.05, 0) is 43.3 Å². The fourth-order valence-electron chi connectivity index (χ4n) is 3.65. The molecule has 10 heteroatoms. The minimum atomic E-state index is -3.63. The Hall–Kier alpha value is -2.69. The predicted octanol–water partition coefficient (Wildman–Crippen LogP) is 3.71. The number of hydrogen-bond donors (Lipinski definition) is 1. The zero-order chi connectivity index (χ0) is 22.0. The van der Waals surface area contributed by atoms with Crippen LogP contribution in [0.2, 0.25) is 0 Å². The first-order valence-corrected chi connectivity index (χ1v) is 12.3. The summed E-state index contributed by atoms with van der Waals surface area (Å²) in [7, 11) is -3.63. The molecule has 8 nitrogen and oxygen atoms in total. The van der Waals surface area contributed by atoms with Crippen LogP contribution in [0.15, 0.2) is 50.4 Å². The number of amides is 1. The normalized spacial score (nSPS) is 17.5. The van der Waals surface area contributed by atoms with Gasteiger partial charge in [-0.1, -0.05) is 18.2 Å². The Kier molecular flexibility index (Phi) is 6.12. The molecule has 1 unspecified atom stereocenters. The van der Waals surface area contributed by atoms with Crippen molar-refractivity contribution in [1.29, 1.82) is 0 Å². The number of nitrogens with zero attached hydrogens (tertiary/aromatic N) is 1. The number of thiophene rings is 1. The van der Waals surface area contributed by atoms with E-state index < -0.39 is 21.9 Å². The maximum atomic E-state index is 13.1. The van der Waals surface area contributed by atoms with Crippen molar-refractivity contribution in [2.24, 2.45) is 5.92 Å². The Morgan fingerprint density at radius 3 is 2.81 bits per heavy atom. The molecule has 3 aromatic rings. The highest BCUT2D eigenvalue weighted by atomic mass is 32.2. The number of sulfonamides is 1. The van der Waals surface area contributed by atoms with Gasteiger partial charge in [0.2, 0.25) is 11.7 Å². The van der Waals surface area contributed by atoms with Gasteiger partial charge >= 0.3 is 5.97 Å². The summed E-state index contributed by atoms with van der Waals surface area (Å²) in [6, 6.07) is 10.2. The van der Waals surface area contributed by atoms with Crippen LogP contribution < -0.4 is 5.32 Å². The molecule has 1 saturated heterocycles. The first-order chi connectivity index (χ1) is 14.9. The van der Waals surface area contributed by atoms with Crippen LogP contribution in [-0.2, 0) is 19.6 Å². The summed E-state index contributed by atoms with van der Waals surface area (Å²) < 4.78 is 38.0. The molecule has 3 heterocycles. The number of fused-ring (bicyclic) bond motifs is 1. The Labute approximate surface area is 183 Å². The van der Waals surface area contributed by atoms with Gasteiger partial charge in [0, 0.05) is 18.5 Å². The molecular weight excluding hydrogens is 440 g/mol. The highest BCUT2D eigenvalue weighted by molar-refractivity contribution is 7.91. The number of furan rings is 1. The molecule has 0 spiro atoms. The highest BCUT2D eigenvalue weighted by Crippen LogP contribution is 2.33. The van der Waals surface area contributed by atoms with Gasteiger partial charge in [-0.3, -0.25) is 4.79 Å². The molecule has 0 saturated carbocycles. The molecule has 31 heavy (non-hydrogen) atoms. The lowest BCUT2D eigenvalue weighted by Gasteiger charge is -2.30. The number of ether oxygens (including phenoxy) is 1. The smallest absolute Gasteiger partial charge is 0.376 e. The Bertz CT molecular complexity index is 1200. The molecule has 0 radical (unpaired) electrons. The highest BCUT2D eigenvalue weighted by Gasteiger charge is 2.35. The fourth-order valence-corrected chi connectivity index (χ4v) is 6.32. The molecule has 1 aliphatic rings. The Morgan fingerprint density at radius 2 is 2.06 bits per heavy atom. The quantitative estimate of drug-likeness (QED) is 0.560. The Morgan fingerprint density at radius 1 is 1.26 bits per heavy atom. The number of carbonyl (C=O) groups is 2. The van der Waals surface area contributed by atoms with Crippen LogP contribution in [0.4, 0.5) is 5.69 Å². The van der Waals surface area contributed by atoms with Crippen LogP contribution in [0.5, 0.6) is 0 Å². The number of hydrogen-bond acceptors (Lipinski definition) is 7. The van der Waals surface area contributed by atoms with Crippen LogP contribution in [-0.4, -0.2) is 44.3 Å². The van der Waals surface area contributed by atoms with E-state index in [1.54, 1.807) is 48.7 Å². The predicted molar refractivity (Wildman–Crippen MR) is 117 cm³/mol. The maximum absolute atomic E-state index is 13.1. The van der Waals surface area contributed by atoms with Crippen molar-refractivity contribution in [3.8, 4) is 0 Å². The average molecular weight is 463 g/mol. The van der Waals surface area contributed by atoms with E-state index in [9.17, 15) is 18.0 Å². The van der Waals surface area contributed by atoms with E-state index >= 15 is 0 Å². The summed E-state index contributed by atoms with van der Waals surface area (Å²) in [5.74, 6) is -1.65. The fraction of sp³-hybridized carbons (Fsp3) is 0.333. The molecule has 1 aliphatic heterocycles. The molecule has 1 N–H and O–H groups in total. The van der Waals surface area contributed by atoms with Crippen LogP contribution in [0.1, 0.15) is 30.3 Å². The number of rotatable bonds is 6. The summed E-state index contributed by atoms with van der Waals surface area (Å²) in [4.78, 5) is 25.4. The van der Waals surface area contributed by atoms with Crippen molar-refractivity contribution in [3.05, 3.63) is 47.5 Å². The van der Waals surface area contributed by atoms with Gasteiger partial charge in [0.05, 0.1) is 12.5 Å². The van der Waals surface area contributed by atoms with Gasteiger partial charge in [-0.25, -0.2) is 13.2 Å². The third-order valence-electron chi connectivity index (χ3n) is 5.15. The van der Waals surface area contributed by atoms with Gasteiger partial charge in [0.25, 0.3) is 10.0 Å². The molecule has 2 aromatic heterocycles. The van der Waals surface area contributed by atoms with Crippen molar-refractivity contribution in [3.63, 3.8) is 0 Å². The molecule has 164 valence electrons. The summed E-state index contributed by atoms with van der Waals surface area (Å²) in [5.41, 5.74) is 0.698. The topological polar surface area (TPSA) is 106 Å². The maximum Gasteiger partial charge on any atom is 0.376 e. The summed E-state index contributed by atoms with van der Waals surface area (Å²) in [6.45, 7) is 2.30.